The van der Waals surface area contributed by atoms with Crippen LogP contribution in [-0.4, -0.2) is 26.9 Å². The molecule has 28 heavy (non-hydrogen) atoms. The first-order chi connectivity index (χ1) is 13.7. The highest BCUT2D eigenvalue weighted by atomic mass is 16.5. The fraction of sp³-hybridized carbons (Fsp3) is 0.190. The average molecular weight is 376 g/mol. The van der Waals surface area contributed by atoms with Crippen molar-refractivity contribution in [3.63, 3.8) is 0 Å². The molecule has 0 fully saturated rings. The van der Waals surface area contributed by atoms with Gasteiger partial charge in [0, 0.05) is 25.2 Å². The van der Waals surface area contributed by atoms with Crippen molar-refractivity contribution < 1.29 is 9.53 Å². The summed E-state index contributed by atoms with van der Waals surface area (Å²) in [7, 11) is 0. The van der Waals surface area contributed by atoms with Crippen molar-refractivity contribution in [2.45, 2.75) is 19.4 Å². The van der Waals surface area contributed by atoms with Crippen LogP contribution in [0.5, 0.6) is 5.88 Å². The predicted molar refractivity (Wildman–Crippen MR) is 106 cm³/mol. The van der Waals surface area contributed by atoms with E-state index >= 15 is 0 Å². The van der Waals surface area contributed by atoms with Gasteiger partial charge in [-0.25, -0.2) is 0 Å². The highest BCUT2D eigenvalue weighted by Gasteiger charge is 2.07. The molecule has 1 amide bonds. The molecule has 7 heteroatoms. The third-order valence-electron chi connectivity index (χ3n) is 4.44. The highest BCUT2D eigenvalue weighted by molar-refractivity contribution is 5.76. The SMILES string of the molecule is O=C(CCCOc1ccc2[nH]c(=O)c3cccn3c2n1)NCc1ccccc1. The van der Waals surface area contributed by atoms with Crippen LogP contribution in [0.2, 0.25) is 0 Å². The van der Waals surface area contributed by atoms with E-state index in [1.165, 1.54) is 0 Å². The summed E-state index contributed by atoms with van der Waals surface area (Å²) in [5.74, 6) is 0.449. The Balaban J connectivity index is 1.31. The summed E-state index contributed by atoms with van der Waals surface area (Å²) in [4.78, 5) is 31.2. The Bertz CT molecular complexity index is 1160. The first-order valence-electron chi connectivity index (χ1n) is 9.14. The molecule has 0 unspecified atom stereocenters. The zero-order valence-electron chi connectivity index (χ0n) is 15.2. The number of fused-ring (bicyclic) bond motifs is 3. The number of benzene rings is 1. The van der Waals surface area contributed by atoms with Crippen LogP contribution in [-0.2, 0) is 11.3 Å². The number of hydrogen-bond donors (Lipinski definition) is 2. The fourth-order valence-electron chi connectivity index (χ4n) is 3.02. The number of carbonyl (C=O) groups excluding carboxylic acids is 1. The van der Waals surface area contributed by atoms with Crippen molar-refractivity contribution in [1.82, 2.24) is 19.7 Å². The summed E-state index contributed by atoms with van der Waals surface area (Å²) >= 11 is 0. The quantitative estimate of drug-likeness (QED) is 0.485. The summed E-state index contributed by atoms with van der Waals surface area (Å²) in [6.07, 6.45) is 2.77. The van der Waals surface area contributed by atoms with Gasteiger partial charge in [0.25, 0.3) is 5.56 Å². The molecule has 0 atom stereocenters. The minimum absolute atomic E-state index is 0.00875. The van der Waals surface area contributed by atoms with E-state index in [-0.39, 0.29) is 11.5 Å². The molecule has 4 rings (SSSR count). The molecule has 4 aromatic rings. The van der Waals surface area contributed by atoms with Crippen molar-refractivity contribution in [3.05, 3.63) is 76.7 Å². The van der Waals surface area contributed by atoms with E-state index in [1.54, 1.807) is 34.9 Å². The fourth-order valence-corrected chi connectivity index (χ4v) is 3.02. The van der Waals surface area contributed by atoms with Gasteiger partial charge in [-0.2, -0.15) is 4.98 Å². The molecular formula is C21H20N4O3. The van der Waals surface area contributed by atoms with E-state index < -0.39 is 0 Å². The topological polar surface area (TPSA) is 88.5 Å². The molecule has 7 nitrogen and oxygen atoms in total. The molecule has 142 valence electrons. The molecule has 1 aromatic carbocycles. The van der Waals surface area contributed by atoms with E-state index in [4.69, 9.17) is 4.74 Å². The molecule has 0 bridgehead atoms. The summed E-state index contributed by atoms with van der Waals surface area (Å²) < 4.78 is 7.42. The maximum absolute atomic E-state index is 12.0. The van der Waals surface area contributed by atoms with E-state index in [2.05, 4.69) is 15.3 Å². The van der Waals surface area contributed by atoms with Gasteiger partial charge in [-0.1, -0.05) is 30.3 Å². The van der Waals surface area contributed by atoms with Crippen LogP contribution in [0.15, 0.2) is 65.6 Å². The summed E-state index contributed by atoms with van der Waals surface area (Å²) in [6, 6.07) is 16.8. The Morgan fingerprint density at radius 3 is 2.82 bits per heavy atom. The number of pyridine rings is 1. The molecule has 0 saturated carbocycles. The molecule has 0 aliphatic carbocycles. The number of rotatable bonds is 7. The average Bonchev–Trinajstić information content (AvgIpc) is 3.22. The lowest BCUT2D eigenvalue weighted by Gasteiger charge is -2.08. The second-order valence-electron chi connectivity index (χ2n) is 6.45. The van der Waals surface area contributed by atoms with Crippen molar-refractivity contribution in [1.29, 1.82) is 0 Å². The Morgan fingerprint density at radius 1 is 1.11 bits per heavy atom. The second kappa shape index (κ2) is 7.96. The summed E-state index contributed by atoms with van der Waals surface area (Å²) in [5.41, 5.74) is 2.71. The standard InChI is InChI=1S/C21H20N4O3/c26-18(22-14-15-6-2-1-3-7-15)9-5-13-28-19-11-10-16-20(24-19)25-12-4-8-17(25)21(27)23-16/h1-4,6-8,10-12H,5,9,13-14H2,(H,22,26)(H,23,27). The van der Waals surface area contributed by atoms with E-state index in [9.17, 15) is 9.59 Å². The molecule has 0 aliphatic heterocycles. The number of nitrogens with one attached hydrogen (secondary N) is 2. The molecule has 0 radical (unpaired) electrons. The first-order valence-corrected chi connectivity index (χ1v) is 9.14. The monoisotopic (exact) mass is 376 g/mol. The Kier molecular flexibility index (Phi) is 5.05. The van der Waals surface area contributed by atoms with Crippen molar-refractivity contribution >= 4 is 22.6 Å². The van der Waals surface area contributed by atoms with Gasteiger partial charge in [-0.15, -0.1) is 0 Å². The number of nitrogens with zero attached hydrogens (tertiary/aromatic N) is 2. The Labute approximate surface area is 161 Å². The van der Waals surface area contributed by atoms with E-state index in [0.717, 1.165) is 5.56 Å². The van der Waals surface area contributed by atoms with Crippen molar-refractivity contribution in [3.8, 4) is 5.88 Å². The van der Waals surface area contributed by atoms with Gasteiger partial charge in [0.05, 0.1) is 12.1 Å². The van der Waals surface area contributed by atoms with Crippen LogP contribution in [0.25, 0.3) is 16.7 Å². The molecular weight excluding hydrogens is 356 g/mol. The van der Waals surface area contributed by atoms with Gasteiger partial charge in [-0.05, 0) is 30.2 Å². The number of aromatic nitrogens is 3. The number of carbonyl (C=O) groups is 1. The third kappa shape index (κ3) is 3.88. The molecule has 0 spiro atoms. The van der Waals surface area contributed by atoms with Crippen LogP contribution >= 0.6 is 0 Å². The lowest BCUT2D eigenvalue weighted by Crippen LogP contribution is -2.22. The van der Waals surface area contributed by atoms with Gasteiger partial charge in [0.15, 0.2) is 5.65 Å². The minimum atomic E-state index is -0.158. The first kappa shape index (κ1) is 17.8. The van der Waals surface area contributed by atoms with Crippen LogP contribution in [0.4, 0.5) is 0 Å². The molecule has 0 saturated heterocycles. The van der Waals surface area contributed by atoms with Gasteiger partial charge < -0.3 is 15.0 Å². The maximum Gasteiger partial charge on any atom is 0.272 e. The number of aromatic amines is 1. The minimum Gasteiger partial charge on any atom is -0.478 e. The van der Waals surface area contributed by atoms with Crippen LogP contribution in [0.3, 0.4) is 0 Å². The number of amides is 1. The van der Waals surface area contributed by atoms with Crippen LogP contribution < -0.4 is 15.6 Å². The number of hydrogen-bond acceptors (Lipinski definition) is 4. The Morgan fingerprint density at radius 2 is 1.96 bits per heavy atom. The smallest absolute Gasteiger partial charge is 0.272 e. The second-order valence-corrected chi connectivity index (χ2v) is 6.45. The maximum atomic E-state index is 12.0. The van der Waals surface area contributed by atoms with Crippen molar-refractivity contribution in [2.75, 3.05) is 6.61 Å². The van der Waals surface area contributed by atoms with Gasteiger partial charge >= 0.3 is 0 Å². The number of ether oxygens (including phenoxy) is 1. The van der Waals surface area contributed by atoms with Crippen LogP contribution in [0.1, 0.15) is 18.4 Å². The van der Waals surface area contributed by atoms with E-state index in [1.807, 2.05) is 30.3 Å². The van der Waals surface area contributed by atoms with Gasteiger partial charge in [0.2, 0.25) is 11.8 Å². The summed E-state index contributed by atoms with van der Waals surface area (Å²) in [6.45, 7) is 0.910. The zero-order chi connectivity index (χ0) is 19.3. The lowest BCUT2D eigenvalue weighted by molar-refractivity contribution is -0.121. The van der Waals surface area contributed by atoms with Gasteiger partial charge in [0.1, 0.15) is 5.52 Å². The Hall–Kier alpha value is -3.61. The predicted octanol–water partition coefficient (Wildman–Crippen LogP) is 2.65. The number of H-pyrrole nitrogens is 1. The molecule has 3 aromatic heterocycles. The van der Waals surface area contributed by atoms with E-state index in [0.29, 0.717) is 48.6 Å². The highest BCUT2D eigenvalue weighted by Crippen LogP contribution is 2.15. The van der Waals surface area contributed by atoms with Gasteiger partial charge in [-0.3, -0.25) is 14.0 Å². The molecule has 2 N–H and O–H groups in total. The molecule has 3 heterocycles. The normalized spacial score (nSPS) is 11.0. The molecule has 0 aliphatic rings. The third-order valence-corrected chi connectivity index (χ3v) is 4.44. The lowest BCUT2D eigenvalue weighted by atomic mass is 10.2. The largest absolute Gasteiger partial charge is 0.478 e. The van der Waals surface area contributed by atoms with Crippen LogP contribution in [0, 0.1) is 0 Å². The van der Waals surface area contributed by atoms with Crippen molar-refractivity contribution in [2.24, 2.45) is 0 Å². The summed E-state index contributed by atoms with van der Waals surface area (Å²) in [5, 5.41) is 2.90. The zero-order valence-corrected chi connectivity index (χ0v) is 15.2.